The normalized spacial score (nSPS) is 17.6. The molecule has 1 aromatic heterocycles. The summed E-state index contributed by atoms with van der Waals surface area (Å²) in [6.45, 7) is 5.15. The molecule has 0 bridgehead atoms. The second-order valence-corrected chi connectivity index (χ2v) is 4.66. The molecular weight excluding hydrogens is 200 g/mol. The van der Waals surface area contributed by atoms with Crippen molar-refractivity contribution in [3.63, 3.8) is 0 Å². The highest BCUT2D eigenvalue weighted by Gasteiger charge is 2.25. The van der Waals surface area contributed by atoms with Gasteiger partial charge in [0, 0.05) is 20.9 Å². The van der Waals surface area contributed by atoms with Crippen LogP contribution < -0.4 is 0 Å². The minimum Gasteiger partial charge on any atom is -0.346 e. The molecule has 0 amide bonds. The molecule has 0 atom stereocenters. The molecule has 0 unspecified atom stereocenters. The Morgan fingerprint density at radius 3 is 2.50 bits per heavy atom. The lowest BCUT2D eigenvalue weighted by Gasteiger charge is -2.09. The van der Waals surface area contributed by atoms with Crippen LogP contribution in [0.4, 0.5) is 0 Å². The van der Waals surface area contributed by atoms with Gasteiger partial charge in [-0.2, -0.15) is 0 Å². The van der Waals surface area contributed by atoms with Crippen molar-refractivity contribution in [1.29, 1.82) is 0 Å². The first-order chi connectivity index (χ1) is 6.74. The van der Waals surface area contributed by atoms with Gasteiger partial charge in [-0.15, -0.1) is 11.3 Å². The molecule has 4 heteroatoms. The quantitative estimate of drug-likeness (QED) is 0.705. The Morgan fingerprint density at radius 2 is 1.93 bits per heavy atom. The van der Waals surface area contributed by atoms with Crippen LogP contribution in [0, 0.1) is 13.8 Å². The first-order valence-electron chi connectivity index (χ1n) is 4.52. The lowest BCUT2D eigenvalue weighted by molar-refractivity contribution is -0.0445. The maximum absolute atomic E-state index is 10.9. The summed E-state index contributed by atoms with van der Waals surface area (Å²) in [5.41, 5.74) is 1.65. The van der Waals surface area contributed by atoms with Gasteiger partial charge >= 0.3 is 0 Å². The summed E-state index contributed by atoms with van der Waals surface area (Å²) >= 11 is 1.62. The van der Waals surface area contributed by atoms with Crippen LogP contribution in [0.5, 0.6) is 0 Å². The number of aryl methyl sites for hydroxylation is 2. The van der Waals surface area contributed by atoms with E-state index in [0.717, 1.165) is 27.2 Å². The van der Waals surface area contributed by atoms with E-state index >= 15 is 0 Å². The summed E-state index contributed by atoms with van der Waals surface area (Å²) in [4.78, 5) is 13.1. The molecular formula is C10H12O3S. The van der Waals surface area contributed by atoms with E-state index in [1.807, 2.05) is 13.8 Å². The van der Waals surface area contributed by atoms with Gasteiger partial charge in [0.05, 0.1) is 13.2 Å². The largest absolute Gasteiger partial charge is 0.346 e. The van der Waals surface area contributed by atoms with Crippen LogP contribution in [0.15, 0.2) is 0 Å². The molecule has 0 saturated carbocycles. The Bertz CT molecular complexity index is 350. The van der Waals surface area contributed by atoms with E-state index in [2.05, 4.69) is 0 Å². The number of hydrogen-bond acceptors (Lipinski definition) is 4. The van der Waals surface area contributed by atoms with Crippen LogP contribution in [0.3, 0.4) is 0 Å². The van der Waals surface area contributed by atoms with Gasteiger partial charge in [-0.3, -0.25) is 4.79 Å². The van der Waals surface area contributed by atoms with Crippen molar-refractivity contribution in [1.82, 2.24) is 0 Å². The van der Waals surface area contributed by atoms with Crippen LogP contribution in [0.25, 0.3) is 0 Å². The number of hydrogen-bond donors (Lipinski definition) is 0. The molecule has 1 aliphatic heterocycles. The SMILES string of the molecule is Cc1sc(C)c(C2OCCO2)c1C=O. The van der Waals surface area contributed by atoms with Gasteiger partial charge in [0.2, 0.25) is 0 Å². The van der Waals surface area contributed by atoms with E-state index in [-0.39, 0.29) is 6.29 Å². The van der Waals surface area contributed by atoms with E-state index in [1.165, 1.54) is 0 Å². The summed E-state index contributed by atoms with van der Waals surface area (Å²) in [7, 11) is 0. The molecule has 1 fully saturated rings. The summed E-state index contributed by atoms with van der Waals surface area (Å²) < 4.78 is 10.8. The van der Waals surface area contributed by atoms with Gasteiger partial charge in [0.1, 0.15) is 0 Å². The maximum Gasteiger partial charge on any atom is 0.185 e. The molecule has 1 aliphatic rings. The van der Waals surface area contributed by atoms with Crippen LogP contribution in [-0.4, -0.2) is 19.5 Å². The Morgan fingerprint density at radius 1 is 1.29 bits per heavy atom. The van der Waals surface area contributed by atoms with Gasteiger partial charge in [-0.25, -0.2) is 0 Å². The number of carbonyl (C=O) groups is 1. The van der Waals surface area contributed by atoms with Gasteiger partial charge in [-0.1, -0.05) is 0 Å². The van der Waals surface area contributed by atoms with Gasteiger partial charge < -0.3 is 9.47 Å². The summed E-state index contributed by atoms with van der Waals surface area (Å²) in [5, 5.41) is 0. The Balaban J connectivity index is 2.43. The van der Waals surface area contributed by atoms with E-state index in [9.17, 15) is 4.79 Å². The van der Waals surface area contributed by atoms with Crippen molar-refractivity contribution in [3.05, 3.63) is 20.9 Å². The topological polar surface area (TPSA) is 35.5 Å². The molecule has 76 valence electrons. The zero-order chi connectivity index (χ0) is 10.1. The van der Waals surface area contributed by atoms with Gasteiger partial charge in [-0.05, 0) is 13.8 Å². The van der Waals surface area contributed by atoms with Gasteiger partial charge in [0.25, 0.3) is 0 Å². The van der Waals surface area contributed by atoms with Crippen molar-refractivity contribution >= 4 is 17.6 Å². The number of aldehydes is 1. The average Bonchev–Trinajstić information content (AvgIpc) is 2.72. The van der Waals surface area contributed by atoms with E-state index in [0.29, 0.717) is 13.2 Å². The Kier molecular flexibility index (Phi) is 2.67. The molecule has 0 radical (unpaired) electrons. The highest BCUT2D eigenvalue weighted by molar-refractivity contribution is 7.12. The monoisotopic (exact) mass is 212 g/mol. The number of ether oxygens (including phenoxy) is 2. The van der Waals surface area contributed by atoms with Crippen molar-refractivity contribution in [2.75, 3.05) is 13.2 Å². The minimum atomic E-state index is -0.333. The standard InChI is InChI=1S/C10H12O3S/c1-6-8(5-11)9(7(2)14-6)10-12-3-4-13-10/h5,10H,3-4H2,1-2H3. The van der Waals surface area contributed by atoms with E-state index in [4.69, 9.17) is 9.47 Å². The highest BCUT2D eigenvalue weighted by Crippen LogP contribution is 2.35. The van der Waals surface area contributed by atoms with E-state index < -0.39 is 0 Å². The van der Waals surface area contributed by atoms with Crippen LogP contribution in [-0.2, 0) is 9.47 Å². The zero-order valence-corrected chi connectivity index (χ0v) is 9.02. The fraction of sp³-hybridized carbons (Fsp3) is 0.500. The van der Waals surface area contributed by atoms with Gasteiger partial charge in [0.15, 0.2) is 12.6 Å². The molecule has 1 saturated heterocycles. The highest BCUT2D eigenvalue weighted by atomic mass is 32.1. The van der Waals surface area contributed by atoms with E-state index in [1.54, 1.807) is 11.3 Å². The number of thiophene rings is 1. The van der Waals surface area contributed by atoms with Crippen LogP contribution in [0.1, 0.15) is 32.0 Å². The predicted octanol–water partition coefficient (Wildman–Crippen LogP) is 2.22. The molecule has 0 spiro atoms. The van der Waals surface area contributed by atoms with Crippen LogP contribution in [0.2, 0.25) is 0 Å². The van der Waals surface area contributed by atoms with Crippen molar-refractivity contribution in [2.45, 2.75) is 20.1 Å². The smallest absolute Gasteiger partial charge is 0.185 e. The fourth-order valence-electron chi connectivity index (χ4n) is 1.68. The zero-order valence-electron chi connectivity index (χ0n) is 8.20. The fourth-order valence-corrected chi connectivity index (χ4v) is 2.73. The summed E-state index contributed by atoms with van der Waals surface area (Å²) in [5.74, 6) is 0. The average molecular weight is 212 g/mol. The Labute approximate surface area is 86.6 Å². The van der Waals surface area contributed by atoms with Crippen molar-refractivity contribution in [2.24, 2.45) is 0 Å². The first-order valence-corrected chi connectivity index (χ1v) is 5.34. The third-order valence-corrected chi connectivity index (χ3v) is 3.38. The first kappa shape index (κ1) is 9.83. The minimum absolute atomic E-state index is 0.333. The third kappa shape index (κ3) is 1.49. The number of carbonyl (C=O) groups excluding carboxylic acids is 1. The lowest BCUT2D eigenvalue weighted by atomic mass is 10.1. The summed E-state index contributed by atoms with van der Waals surface area (Å²) in [6.07, 6.45) is 0.555. The molecule has 2 heterocycles. The second-order valence-electron chi connectivity index (χ2n) is 3.23. The summed E-state index contributed by atoms with van der Waals surface area (Å²) in [6, 6.07) is 0. The lowest BCUT2D eigenvalue weighted by Crippen LogP contribution is -2.02. The molecule has 1 aromatic rings. The number of rotatable bonds is 2. The van der Waals surface area contributed by atoms with Crippen molar-refractivity contribution < 1.29 is 14.3 Å². The molecule has 14 heavy (non-hydrogen) atoms. The third-order valence-electron chi connectivity index (χ3n) is 2.33. The predicted molar refractivity (Wildman–Crippen MR) is 53.8 cm³/mol. The van der Waals surface area contributed by atoms with Crippen molar-refractivity contribution in [3.8, 4) is 0 Å². The molecule has 0 N–H and O–H groups in total. The maximum atomic E-state index is 10.9. The second kappa shape index (κ2) is 3.81. The molecule has 3 nitrogen and oxygen atoms in total. The molecule has 0 aromatic carbocycles. The van der Waals surface area contributed by atoms with Crippen LogP contribution >= 0.6 is 11.3 Å². The molecule has 2 rings (SSSR count). The Hall–Kier alpha value is -0.710. The molecule has 0 aliphatic carbocycles.